The molecule has 1 saturated heterocycles. The van der Waals surface area contributed by atoms with Crippen LogP contribution in [0.15, 0.2) is 35.1 Å². The van der Waals surface area contributed by atoms with Crippen molar-refractivity contribution >= 4 is 11.5 Å². The van der Waals surface area contributed by atoms with E-state index in [1.54, 1.807) is 0 Å². The summed E-state index contributed by atoms with van der Waals surface area (Å²) < 4.78 is 37.6. The number of hydrogen-bond donors (Lipinski definition) is 1. The number of pyridine rings is 1. The van der Waals surface area contributed by atoms with Crippen molar-refractivity contribution in [3.63, 3.8) is 0 Å². The number of anilines is 1. The first-order valence-corrected chi connectivity index (χ1v) is 7.22. The highest BCUT2D eigenvalue weighted by Gasteiger charge is 2.31. The van der Waals surface area contributed by atoms with Gasteiger partial charge in [0.2, 0.25) is 0 Å². The molecule has 7 heteroatoms. The van der Waals surface area contributed by atoms with Gasteiger partial charge in [0.1, 0.15) is 5.82 Å². The Morgan fingerprint density at radius 3 is 2.41 bits per heavy atom. The summed E-state index contributed by atoms with van der Waals surface area (Å²) >= 11 is 0. The van der Waals surface area contributed by atoms with E-state index in [0.717, 1.165) is 49.6 Å². The molecular formula is C15H17F3N4. The second kappa shape index (κ2) is 5.62. The van der Waals surface area contributed by atoms with Crippen molar-refractivity contribution in [3.05, 3.63) is 35.7 Å². The molecule has 3 rings (SSSR count). The first kappa shape index (κ1) is 14.9. The van der Waals surface area contributed by atoms with Crippen LogP contribution in [0, 0.1) is 5.92 Å². The lowest BCUT2D eigenvalue weighted by Crippen LogP contribution is -2.36. The maximum absolute atomic E-state index is 12.5. The van der Waals surface area contributed by atoms with Crippen LogP contribution in [0.5, 0.6) is 0 Å². The summed E-state index contributed by atoms with van der Waals surface area (Å²) in [6, 6.07) is 2.52. The molecule has 2 aliphatic rings. The van der Waals surface area contributed by atoms with Gasteiger partial charge in [-0.25, -0.2) is 4.98 Å². The van der Waals surface area contributed by atoms with Crippen molar-refractivity contribution in [3.8, 4) is 0 Å². The van der Waals surface area contributed by atoms with Crippen LogP contribution in [0.25, 0.3) is 0 Å². The molecule has 0 radical (unpaired) electrons. The Labute approximate surface area is 126 Å². The number of allylic oxidation sites excluding steroid dienone is 1. The van der Waals surface area contributed by atoms with Crippen LogP contribution in [-0.2, 0) is 6.18 Å². The van der Waals surface area contributed by atoms with Gasteiger partial charge >= 0.3 is 6.18 Å². The standard InChI is InChI=1S/C15H17F3N4/c16-15(17,18)11-1-2-14(21-8-11)22-5-3-10(4-6-22)13-7-12(19)9-20-13/h1-2,7-8,10H,3-6,9,19H2. The summed E-state index contributed by atoms with van der Waals surface area (Å²) in [5, 5.41) is 0. The molecule has 0 amide bonds. The molecule has 0 spiro atoms. The second-order valence-corrected chi connectivity index (χ2v) is 5.62. The lowest BCUT2D eigenvalue weighted by molar-refractivity contribution is -0.137. The van der Waals surface area contributed by atoms with E-state index in [0.29, 0.717) is 18.3 Å². The molecule has 1 fully saturated rings. The number of piperidine rings is 1. The van der Waals surface area contributed by atoms with Crippen LogP contribution < -0.4 is 10.6 Å². The third-order valence-corrected chi connectivity index (χ3v) is 4.09. The Morgan fingerprint density at radius 2 is 1.91 bits per heavy atom. The Balaban J connectivity index is 1.62. The van der Waals surface area contributed by atoms with Crippen LogP contribution >= 0.6 is 0 Å². The number of aromatic nitrogens is 1. The van der Waals surface area contributed by atoms with Crippen LogP contribution in [-0.4, -0.2) is 30.3 Å². The predicted octanol–water partition coefficient (Wildman–Crippen LogP) is 2.61. The van der Waals surface area contributed by atoms with Crippen molar-refractivity contribution in [1.82, 2.24) is 4.98 Å². The number of nitrogens with zero attached hydrogens (tertiary/aromatic N) is 3. The smallest absolute Gasteiger partial charge is 0.400 e. The third-order valence-electron chi connectivity index (χ3n) is 4.09. The van der Waals surface area contributed by atoms with E-state index in [-0.39, 0.29) is 0 Å². The van der Waals surface area contributed by atoms with Crippen molar-refractivity contribution in [2.24, 2.45) is 16.6 Å². The van der Waals surface area contributed by atoms with Crippen molar-refractivity contribution < 1.29 is 13.2 Å². The van der Waals surface area contributed by atoms with Gasteiger partial charge in [-0.2, -0.15) is 13.2 Å². The second-order valence-electron chi connectivity index (χ2n) is 5.62. The molecule has 4 nitrogen and oxygen atoms in total. The molecule has 0 saturated carbocycles. The highest BCUT2D eigenvalue weighted by Crippen LogP contribution is 2.30. The Kier molecular flexibility index (Phi) is 3.80. The minimum absolute atomic E-state index is 0.381. The minimum atomic E-state index is -4.34. The summed E-state index contributed by atoms with van der Waals surface area (Å²) in [5.41, 5.74) is 6.86. The summed E-state index contributed by atoms with van der Waals surface area (Å²) in [6.07, 6.45) is 0.310. The third kappa shape index (κ3) is 3.08. The van der Waals surface area contributed by atoms with Gasteiger partial charge in [-0.15, -0.1) is 0 Å². The molecule has 1 aromatic rings. The van der Waals surface area contributed by atoms with Crippen molar-refractivity contribution in [1.29, 1.82) is 0 Å². The topological polar surface area (TPSA) is 54.5 Å². The first-order chi connectivity index (χ1) is 10.4. The van der Waals surface area contributed by atoms with E-state index < -0.39 is 11.7 Å². The number of alkyl halides is 3. The average Bonchev–Trinajstić information content (AvgIpc) is 2.93. The number of hydrogen-bond acceptors (Lipinski definition) is 4. The fraction of sp³-hybridized carbons (Fsp3) is 0.467. The average molecular weight is 310 g/mol. The Hall–Kier alpha value is -2.05. The summed E-state index contributed by atoms with van der Waals surface area (Å²) in [5.74, 6) is 0.974. The zero-order valence-electron chi connectivity index (χ0n) is 12.0. The number of aliphatic imine (C=N–C) groups is 1. The van der Waals surface area contributed by atoms with Gasteiger partial charge in [0.05, 0.1) is 12.1 Å². The van der Waals surface area contributed by atoms with E-state index in [1.807, 2.05) is 11.0 Å². The van der Waals surface area contributed by atoms with E-state index in [2.05, 4.69) is 9.98 Å². The SMILES string of the molecule is NC1=CC(C2CCN(c3ccc(C(F)(F)F)cn3)CC2)=NC1. The van der Waals surface area contributed by atoms with Crippen LogP contribution in [0.1, 0.15) is 18.4 Å². The van der Waals surface area contributed by atoms with Gasteiger partial charge in [-0.05, 0) is 31.1 Å². The molecule has 22 heavy (non-hydrogen) atoms. The van der Waals surface area contributed by atoms with Gasteiger partial charge in [0.15, 0.2) is 0 Å². The van der Waals surface area contributed by atoms with Crippen molar-refractivity contribution in [2.75, 3.05) is 24.5 Å². The Bertz CT molecular complexity index is 596. The van der Waals surface area contributed by atoms with Crippen LogP contribution in [0.2, 0.25) is 0 Å². The molecule has 0 aromatic carbocycles. The molecule has 2 aliphatic heterocycles. The first-order valence-electron chi connectivity index (χ1n) is 7.22. The van der Waals surface area contributed by atoms with Crippen LogP contribution in [0.3, 0.4) is 0 Å². The van der Waals surface area contributed by atoms with Gasteiger partial charge in [0, 0.05) is 36.6 Å². The van der Waals surface area contributed by atoms with Gasteiger partial charge in [-0.1, -0.05) is 0 Å². The van der Waals surface area contributed by atoms with Gasteiger partial charge in [0.25, 0.3) is 0 Å². The fourth-order valence-electron chi connectivity index (χ4n) is 2.86. The summed E-state index contributed by atoms with van der Waals surface area (Å²) in [4.78, 5) is 10.4. The highest BCUT2D eigenvalue weighted by atomic mass is 19.4. The number of nitrogens with two attached hydrogens (primary N) is 1. The minimum Gasteiger partial charge on any atom is -0.400 e. The lowest BCUT2D eigenvalue weighted by atomic mass is 9.92. The molecule has 0 bridgehead atoms. The molecule has 2 N–H and O–H groups in total. The maximum atomic E-state index is 12.5. The quantitative estimate of drug-likeness (QED) is 0.913. The monoisotopic (exact) mass is 310 g/mol. The van der Waals surface area contributed by atoms with Gasteiger partial charge < -0.3 is 10.6 Å². The molecule has 0 unspecified atom stereocenters. The molecule has 1 aromatic heterocycles. The predicted molar refractivity (Wildman–Crippen MR) is 78.7 cm³/mol. The molecule has 0 aliphatic carbocycles. The zero-order chi connectivity index (χ0) is 15.7. The van der Waals surface area contributed by atoms with E-state index in [1.165, 1.54) is 6.07 Å². The highest BCUT2D eigenvalue weighted by molar-refractivity contribution is 5.99. The molecule has 118 valence electrons. The van der Waals surface area contributed by atoms with E-state index in [4.69, 9.17) is 5.73 Å². The van der Waals surface area contributed by atoms with Gasteiger partial charge in [-0.3, -0.25) is 4.99 Å². The Morgan fingerprint density at radius 1 is 1.18 bits per heavy atom. The summed E-state index contributed by atoms with van der Waals surface area (Å²) in [6.45, 7) is 2.10. The normalized spacial score (nSPS) is 20.0. The zero-order valence-corrected chi connectivity index (χ0v) is 12.0. The largest absolute Gasteiger partial charge is 0.417 e. The van der Waals surface area contributed by atoms with Crippen LogP contribution in [0.4, 0.5) is 19.0 Å². The lowest BCUT2D eigenvalue weighted by Gasteiger charge is -2.32. The van der Waals surface area contributed by atoms with E-state index in [9.17, 15) is 13.2 Å². The fourth-order valence-corrected chi connectivity index (χ4v) is 2.86. The number of halogens is 3. The van der Waals surface area contributed by atoms with Crippen molar-refractivity contribution in [2.45, 2.75) is 19.0 Å². The maximum Gasteiger partial charge on any atom is 0.417 e. The molecule has 0 atom stereocenters. The van der Waals surface area contributed by atoms with E-state index >= 15 is 0 Å². The summed E-state index contributed by atoms with van der Waals surface area (Å²) in [7, 11) is 0. The molecular weight excluding hydrogens is 293 g/mol. The number of rotatable bonds is 2. The molecule has 3 heterocycles.